The second kappa shape index (κ2) is 6.33. The highest BCUT2D eigenvalue weighted by molar-refractivity contribution is 9.10. The van der Waals surface area contributed by atoms with Crippen LogP contribution in [0, 0.1) is 5.82 Å². The lowest BCUT2D eigenvalue weighted by Crippen LogP contribution is -2.37. The van der Waals surface area contributed by atoms with E-state index in [4.69, 9.17) is 0 Å². The molecule has 1 aromatic carbocycles. The molecule has 90 valence electrons. The molecular weight excluding hydrogens is 271 g/mol. The van der Waals surface area contributed by atoms with E-state index in [-0.39, 0.29) is 11.9 Å². The van der Waals surface area contributed by atoms with Gasteiger partial charge in [0.15, 0.2) is 0 Å². The molecular formula is C12H18BrFN2. The van der Waals surface area contributed by atoms with Gasteiger partial charge in [0.05, 0.1) is 0 Å². The number of nitrogens with one attached hydrogen (secondary N) is 1. The van der Waals surface area contributed by atoms with Gasteiger partial charge in [-0.2, -0.15) is 0 Å². The van der Waals surface area contributed by atoms with E-state index in [1.54, 1.807) is 6.07 Å². The van der Waals surface area contributed by atoms with E-state index in [0.717, 1.165) is 16.6 Å². The van der Waals surface area contributed by atoms with Gasteiger partial charge in [-0.3, -0.25) is 0 Å². The molecule has 0 heterocycles. The Labute approximate surface area is 105 Å². The molecule has 0 spiro atoms. The van der Waals surface area contributed by atoms with Gasteiger partial charge in [0.1, 0.15) is 5.82 Å². The molecule has 0 bridgehead atoms. The number of nitrogens with zero attached hydrogens (tertiary/aromatic N) is 1. The average Bonchev–Trinajstić information content (AvgIpc) is 2.21. The number of halogens is 2. The van der Waals surface area contributed by atoms with Crippen LogP contribution in [0.15, 0.2) is 22.7 Å². The van der Waals surface area contributed by atoms with E-state index in [0.29, 0.717) is 6.42 Å². The van der Waals surface area contributed by atoms with Crippen molar-refractivity contribution in [1.29, 1.82) is 0 Å². The summed E-state index contributed by atoms with van der Waals surface area (Å²) in [6, 6.07) is 5.33. The minimum atomic E-state index is -0.137. The fourth-order valence-electron chi connectivity index (χ4n) is 1.66. The molecule has 0 aromatic heterocycles. The molecule has 1 atom stereocenters. The Balaban J connectivity index is 2.73. The van der Waals surface area contributed by atoms with Crippen molar-refractivity contribution in [2.24, 2.45) is 0 Å². The standard InChI is InChI=1S/C12H18BrFN2/c1-15-11(8-16(2)3)7-9-6-10(13)4-5-12(9)14/h4-6,11,15H,7-8H2,1-3H3. The van der Waals surface area contributed by atoms with Crippen molar-refractivity contribution in [3.05, 3.63) is 34.1 Å². The van der Waals surface area contributed by atoms with Crippen LogP contribution in [0.3, 0.4) is 0 Å². The van der Waals surface area contributed by atoms with Gasteiger partial charge in [-0.15, -0.1) is 0 Å². The van der Waals surface area contributed by atoms with Gasteiger partial charge in [0.2, 0.25) is 0 Å². The molecule has 1 N–H and O–H groups in total. The van der Waals surface area contributed by atoms with Crippen LogP contribution in [-0.4, -0.2) is 38.6 Å². The largest absolute Gasteiger partial charge is 0.315 e. The normalized spacial score (nSPS) is 13.1. The van der Waals surface area contributed by atoms with Crippen molar-refractivity contribution >= 4 is 15.9 Å². The fourth-order valence-corrected chi connectivity index (χ4v) is 2.07. The zero-order valence-corrected chi connectivity index (χ0v) is 11.5. The van der Waals surface area contributed by atoms with Crippen molar-refractivity contribution in [3.63, 3.8) is 0 Å². The molecule has 16 heavy (non-hydrogen) atoms. The number of rotatable bonds is 5. The Kier molecular flexibility index (Phi) is 5.38. The average molecular weight is 289 g/mol. The molecule has 0 aliphatic heterocycles. The number of likely N-dealkylation sites (N-methyl/N-ethyl adjacent to an activating group) is 2. The number of hydrogen-bond acceptors (Lipinski definition) is 2. The van der Waals surface area contributed by atoms with Crippen LogP contribution in [-0.2, 0) is 6.42 Å². The first-order chi connectivity index (χ1) is 7.52. The minimum Gasteiger partial charge on any atom is -0.315 e. The van der Waals surface area contributed by atoms with Gasteiger partial charge in [0, 0.05) is 17.1 Å². The summed E-state index contributed by atoms with van der Waals surface area (Å²) >= 11 is 3.36. The summed E-state index contributed by atoms with van der Waals surface area (Å²) in [5.41, 5.74) is 0.746. The third-order valence-corrected chi connectivity index (χ3v) is 2.96. The maximum absolute atomic E-state index is 13.5. The van der Waals surface area contributed by atoms with Gasteiger partial charge >= 0.3 is 0 Å². The van der Waals surface area contributed by atoms with Crippen molar-refractivity contribution in [1.82, 2.24) is 10.2 Å². The second-order valence-corrected chi connectivity index (χ2v) is 5.10. The van der Waals surface area contributed by atoms with Crippen molar-refractivity contribution in [2.45, 2.75) is 12.5 Å². The minimum absolute atomic E-state index is 0.137. The predicted molar refractivity (Wildman–Crippen MR) is 69.2 cm³/mol. The molecule has 1 unspecified atom stereocenters. The van der Waals surface area contributed by atoms with Gasteiger partial charge in [-0.05, 0) is 51.3 Å². The number of hydrogen-bond donors (Lipinski definition) is 1. The smallest absolute Gasteiger partial charge is 0.126 e. The molecule has 0 amide bonds. The van der Waals surface area contributed by atoms with Crippen molar-refractivity contribution in [2.75, 3.05) is 27.7 Å². The fraction of sp³-hybridized carbons (Fsp3) is 0.500. The molecule has 1 rings (SSSR count). The Morgan fingerprint density at radius 1 is 1.44 bits per heavy atom. The molecule has 0 saturated carbocycles. The van der Waals surface area contributed by atoms with E-state index in [1.807, 2.05) is 27.2 Å². The van der Waals surface area contributed by atoms with Gasteiger partial charge < -0.3 is 10.2 Å². The summed E-state index contributed by atoms with van der Waals surface area (Å²) in [5, 5.41) is 3.20. The summed E-state index contributed by atoms with van der Waals surface area (Å²) in [6.07, 6.45) is 0.694. The Hall–Kier alpha value is -0.450. The first-order valence-corrected chi connectivity index (χ1v) is 6.08. The summed E-state index contributed by atoms with van der Waals surface area (Å²) in [6.45, 7) is 0.891. The first kappa shape index (κ1) is 13.6. The molecule has 0 aliphatic carbocycles. The van der Waals surface area contributed by atoms with E-state index in [2.05, 4.69) is 26.1 Å². The first-order valence-electron chi connectivity index (χ1n) is 5.29. The zero-order valence-electron chi connectivity index (χ0n) is 9.93. The second-order valence-electron chi connectivity index (χ2n) is 4.19. The number of benzene rings is 1. The van der Waals surface area contributed by atoms with E-state index in [1.165, 1.54) is 6.07 Å². The zero-order chi connectivity index (χ0) is 12.1. The highest BCUT2D eigenvalue weighted by atomic mass is 79.9. The quantitative estimate of drug-likeness (QED) is 0.894. The lowest BCUT2D eigenvalue weighted by Gasteiger charge is -2.20. The van der Waals surface area contributed by atoms with Crippen LogP contribution in [0.2, 0.25) is 0 Å². The Morgan fingerprint density at radius 3 is 2.69 bits per heavy atom. The summed E-state index contributed by atoms with van der Waals surface area (Å²) in [5.74, 6) is -0.137. The molecule has 0 radical (unpaired) electrons. The molecule has 0 saturated heterocycles. The molecule has 1 aromatic rings. The van der Waals surface area contributed by atoms with Crippen LogP contribution in [0.1, 0.15) is 5.56 Å². The third-order valence-electron chi connectivity index (χ3n) is 2.47. The summed E-state index contributed by atoms with van der Waals surface area (Å²) < 4.78 is 14.5. The SMILES string of the molecule is CNC(Cc1cc(Br)ccc1F)CN(C)C. The molecule has 4 heteroatoms. The van der Waals surface area contributed by atoms with Gasteiger partial charge in [0.25, 0.3) is 0 Å². The third kappa shape index (κ3) is 4.20. The monoisotopic (exact) mass is 288 g/mol. The highest BCUT2D eigenvalue weighted by Gasteiger charge is 2.11. The van der Waals surface area contributed by atoms with Crippen molar-refractivity contribution in [3.8, 4) is 0 Å². The maximum Gasteiger partial charge on any atom is 0.126 e. The van der Waals surface area contributed by atoms with Gasteiger partial charge in [-0.1, -0.05) is 15.9 Å². The van der Waals surface area contributed by atoms with E-state index >= 15 is 0 Å². The molecule has 0 fully saturated rings. The summed E-state index contributed by atoms with van der Waals surface area (Å²) in [4.78, 5) is 2.09. The van der Waals surface area contributed by atoms with Crippen molar-refractivity contribution < 1.29 is 4.39 Å². The topological polar surface area (TPSA) is 15.3 Å². The van der Waals surface area contributed by atoms with E-state index < -0.39 is 0 Å². The van der Waals surface area contributed by atoms with Crippen LogP contribution in [0.5, 0.6) is 0 Å². The van der Waals surface area contributed by atoms with Crippen LogP contribution in [0.25, 0.3) is 0 Å². The highest BCUT2D eigenvalue weighted by Crippen LogP contribution is 2.17. The summed E-state index contributed by atoms with van der Waals surface area (Å²) in [7, 11) is 5.94. The lowest BCUT2D eigenvalue weighted by atomic mass is 10.1. The van der Waals surface area contributed by atoms with E-state index in [9.17, 15) is 4.39 Å². The predicted octanol–water partition coefficient (Wildman–Crippen LogP) is 2.28. The lowest BCUT2D eigenvalue weighted by molar-refractivity contribution is 0.345. The van der Waals surface area contributed by atoms with Gasteiger partial charge in [-0.25, -0.2) is 4.39 Å². The molecule has 0 aliphatic rings. The van der Waals surface area contributed by atoms with Crippen LogP contribution >= 0.6 is 15.9 Å². The maximum atomic E-state index is 13.5. The Bertz CT molecular complexity index is 342. The Morgan fingerprint density at radius 2 is 2.12 bits per heavy atom. The van der Waals surface area contributed by atoms with Crippen LogP contribution in [0.4, 0.5) is 4.39 Å². The molecule has 2 nitrogen and oxygen atoms in total. The van der Waals surface area contributed by atoms with Crippen LogP contribution < -0.4 is 5.32 Å².